The van der Waals surface area contributed by atoms with Gasteiger partial charge in [-0.1, -0.05) is 49.4 Å². The van der Waals surface area contributed by atoms with Crippen molar-refractivity contribution in [1.29, 1.82) is 0 Å². The lowest BCUT2D eigenvalue weighted by Gasteiger charge is -2.22. The number of aliphatic hydroxyl groups excluding tert-OH is 1. The highest BCUT2D eigenvalue weighted by Gasteiger charge is 2.52. The summed E-state index contributed by atoms with van der Waals surface area (Å²) in [4.78, 5) is 26.5. The smallest absolute Gasteiger partial charge is 0.348 e. The van der Waals surface area contributed by atoms with E-state index in [0.717, 1.165) is 24.1 Å². The molecule has 35 heavy (non-hydrogen) atoms. The van der Waals surface area contributed by atoms with E-state index in [1.165, 1.54) is 28.9 Å². The molecule has 1 aliphatic rings. The highest BCUT2D eigenvalue weighted by atomic mass is 32.1. The summed E-state index contributed by atoms with van der Waals surface area (Å²) in [5.41, 5.74) is 1.25. The Hall–Kier alpha value is -2.58. The van der Waals surface area contributed by atoms with Crippen molar-refractivity contribution in [3.05, 3.63) is 69.9 Å². The molecule has 3 rings (SSSR count). The van der Waals surface area contributed by atoms with E-state index >= 15 is 0 Å². The van der Waals surface area contributed by atoms with Crippen molar-refractivity contribution < 1.29 is 28.2 Å². The molecule has 0 spiro atoms. The Labute approximate surface area is 209 Å². The van der Waals surface area contributed by atoms with Crippen molar-refractivity contribution in [3.63, 3.8) is 0 Å². The van der Waals surface area contributed by atoms with Gasteiger partial charge in [0, 0.05) is 17.8 Å². The van der Waals surface area contributed by atoms with E-state index in [-0.39, 0.29) is 12.5 Å². The minimum absolute atomic E-state index is 0.0242. The highest BCUT2D eigenvalue weighted by molar-refractivity contribution is 7.13. The lowest BCUT2D eigenvalue weighted by Crippen LogP contribution is -2.36. The molecule has 1 N–H and O–H groups in total. The maximum Gasteiger partial charge on any atom is 0.348 e. The molecule has 8 heteroatoms. The zero-order valence-electron chi connectivity index (χ0n) is 20.2. The van der Waals surface area contributed by atoms with Gasteiger partial charge in [0.15, 0.2) is 0 Å². The van der Waals surface area contributed by atoms with Gasteiger partial charge in [-0.3, -0.25) is 4.79 Å². The Morgan fingerprint density at radius 3 is 2.69 bits per heavy atom. The first-order valence-corrected chi connectivity index (χ1v) is 12.8. The van der Waals surface area contributed by atoms with Crippen LogP contribution in [0.15, 0.2) is 54.6 Å². The lowest BCUT2D eigenvalue weighted by atomic mass is 9.95. The number of ether oxygens (including phenoxy) is 1. The number of likely N-dealkylation sites (tertiary alicyclic amines) is 1. The highest BCUT2D eigenvalue weighted by Crippen LogP contribution is 2.34. The number of esters is 1. The monoisotopic (exact) mass is 505 g/mol. The number of methoxy groups -OCH3 is 1. The zero-order valence-corrected chi connectivity index (χ0v) is 21.0. The summed E-state index contributed by atoms with van der Waals surface area (Å²) in [6.07, 6.45) is 5.47. The quantitative estimate of drug-likeness (QED) is 0.315. The molecule has 0 aliphatic carbocycles. The van der Waals surface area contributed by atoms with E-state index in [2.05, 4.69) is 12.1 Å². The van der Waals surface area contributed by atoms with Gasteiger partial charge in [0.2, 0.25) is 0 Å². The molecular formula is C27H33F2NO4S. The molecule has 3 atom stereocenters. The molecule has 2 heterocycles. The number of thiophene rings is 1. The molecule has 5 nitrogen and oxygen atoms in total. The molecule has 1 fully saturated rings. The number of aryl methyl sites for hydroxylation is 2. The Morgan fingerprint density at radius 2 is 1.97 bits per heavy atom. The number of carbonyl (C=O) groups excluding carboxylic acids is 2. The molecular weight excluding hydrogens is 472 g/mol. The molecule has 1 unspecified atom stereocenters. The number of amides is 1. The summed E-state index contributed by atoms with van der Waals surface area (Å²) >= 11 is 1.30. The number of carbonyl (C=O) groups is 2. The van der Waals surface area contributed by atoms with Crippen molar-refractivity contribution >= 4 is 23.2 Å². The van der Waals surface area contributed by atoms with E-state index in [4.69, 9.17) is 4.74 Å². The Balaban J connectivity index is 1.51. The maximum absolute atomic E-state index is 14.2. The van der Waals surface area contributed by atoms with Crippen LogP contribution in [-0.4, -0.2) is 53.6 Å². The third-order valence-corrected chi connectivity index (χ3v) is 7.52. The van der Waals surface area contributed by atoms with E-state index < -0.39 is 36.4 Å². The van der Waals surface area contributed by atoms with Gasteiger partial charge >= 0.3 is 11.9 Å². The number of nitrogens with zero attached hydrogens (tertiary/aromatic N) is 1. The van der Waals surface area contributed by atoms with Crippen LogP contribution < -0.4 is 0 Å². The number of rotatable bonds is 12. The SMILES string of the molecule is COC(=O)c1ccc(CCCN2C(=O)C(F)(F)C[C@@H]2/C=C/C(O)[C@H](C)CCCc2ccccc2)s1. The van der Waals surface area contributed by atoms with E-state index in [1.54, 1.807) is 18.2 Å². The van der Waals surface area contributed by atoms with Gasteiger partial charge in [-0.25, -0.2) is 4.79 Å². The molecule has 1 saturated heterocycles. The number of benzene rings is 1. The van der Waals surface area contributed by atoms with Crippen LogP contribution >= 0.6 is 11.3 Å². The number of hydrogen-bond donors (Lipinski definition) is 1. The number of hydrogen-bond acceptors (Lipinski definition) is 5. The van der Waals surface area contributed by atoms with Crippen molar-refractivity contribution in [3.8, 4) is 0 Å². The van der Waals surface area contributed by atoms with Gasteiger partial charge in [-0.2, -0.15) is 8.78 Å². The van der Waals surface area contributed by atoms with Crippen LogP contribution in [0.2, 0.25) is 0 Å². The fourth-order valence-electron chi connectivity index (χ4n) is 4.28. The summed E-state index contributed by atoms with van der Waals surface area (Å²) in [5, 5.41) is 10.5. The van der Waals surface area contributed by atoms with Gasteiger partial charge in [0.25, 0.3) is 5.91 Å². The van der Waals surface area contributed by atoms with E-state index in [9.17, 15) is 23.5 Å². The molecule has 1 aliphatic heterocycles. The first kappa shape index (κ1) is 27.0. The first-order chi connectivity index (χ1) is 16.7. The van der Waals surface area contributed by atoms with Gasteiger partial charge in [-0.05, 0) is 55.7 Å². The molecule has 190 valence electrons. The Morgan fingerprint density at radius 1 is 1.23 bits per heavy atom. The molecule has 0 saturated carbocycles. The summed E-state index contributed by atoms with van der Waals surface area (Å²) in [6, 6.07) is 12.9. The molecule has 1 aromatic heterocycles. The number of alkyl halides is 2. The fraction of sp³-hybridized carbons (Fsp3) is 0.481. The Kier molecular flexibility index (Phi) is 9.57. The largest absolute Gasteiger partial charge is 0.465 e. The minimum Gasteiger partial charge on any atom is -0.465 e. The summed E-state index contributed by atoms with van der Waals surface area (Å²) in [5.74, 6) is -5.00. The van der Waals surface area contributed by atoms with Crippen LogP contribution in [0.1, 0.15) is 52.7 Å². The molecule has 2 aromatic rings. The van der Waals surface area contributed by atoms with Crippen LogP contribution in [0.5, 0.6) is 0 Å². The molecule has 1 aromatic carbocycles. The second kappa shape index (κ2) is 12.4. The summed E-state index contributed by atoms with van der Waals surface area (Å²) in [6.45, 7) is 2.12. The topological polar surface area (TPSA) is 66.8 Å². The minimum atomic E-state index is -3.40. The average Bonchev–Trinajstić information content (AvgIpc) is 3.40. The maximum atomic E-state index is 14.2. The van der Waals surface area contributed by atoms with Crippen LogP contribution in [0.25, 0.3) is 0 Å². The van der Waals surface area contributed by atoms with Gasteiger partial charge < -0.3 is 14.7 Å². The predicted octanol–water partition coefficient (Wildman–Crippen LogP) is 5.28. The standard InChI is InChI=1S/C27H33F2NO4S/c1-19(8-6-11-20-9-4-3-5-10-20)23(31)15-13-21-18-27(28,29)26(33)30(21)17-7-12-22-14-16-24(35-22)25(32)34-2/h3-5,9-10,13-16,19,21,23,31H,6-8,11-12,17-18H2,1-2H3/b15-13+/t19-,21+,23?/m1/s1. The number of halogens is 2. The van der Waals surface area contributed by atoms with Gasteiger partial charge in [-0.15, -0.1) is 11.3 Å². The third kappa shape index (κ3) is 7.45. The molecule has 1 amide bonds. The predicted molar refractivity (Wildman–Crippen MR) is 133 cm³/mol. The lowest BCUT2D eigenvalue weighted by molar-refractivity contribution is -0.148. The second-order valence-corrected chi connectivity index (χ2v) is 10.2. The van der Waals surface area contributed by atoms with Gasteiger partial charge in [0.05, 0.1) is 19.3 Å². The molecule has 0 radical (unpaired) electrons. The fourth-order valence-corrected chi connectivity index (χ4v) is 5.25. The van der Waals surface area contributed by atoms with Crippen molar-refractivity contribution in [2.75, 3.05) is 13.7 Å². The van der Waals surface area contributed by atoms with E-state index in [1.807, 2.05) is 31.2 Å². The molecule has 0 bridgehead atoms. The van der Waals surface area contributed by atoms with Crippen molar-refractivity contribution in [2.45, 2.75) is 63.5 Å². The van der Waals surface area contributed by atoms with Crippen molar-refractivity contribution in [1.82, 2.24) is 4.90 Å². The van der Waals surface area contributed by atoms with Crippen LogP contribution in [-0.2, 0) is 22.4 Å². The number of aliphatic hydroxyl groups is 1. The average molecular weight is 506 g/mol. The zero-order chi connectivity index (χ0) is 25.4. The normalized spacial score (nSPS) is 19.3. The van der Waals surface area contributed by atoms with Crippen molar-refractivity contribution in [2.24, 2.45) is 5.92 Å². The second-order valence-electron chi connectivity index (χ2n) is 9.07. The van der Waals surface area contributed by atoms with Crippen LogP contribution in [0.4, 0.5) is 8.78 Å². The third-order valence-electron chi connectivity index (χ3n) is 6.39. The van der Waals surface area contributed by atoms with E-state index in [0.29, 0.717) is 17.7 Å². The summed E-state index contributed by atoms with van der Waals surface area (Å²) < 4.78 is 33.1. The van der Waals surface area contributed by atoms with Crippen LogP contribution in [0.3, 0.4) is 0 Å². The first-order valence-electron chi connectivity index (χ1n) is 12.0. The Bertz CT molecular complexity index is 1010. The van der Waals surface area contributed by atoms with Crippen LogP contribution in [0, 0.1) is 5.92 Å². The summed E-state index contributed by atoms with van der Waals surface area (Å²) in [7, 11) is 1.32. The van der Waals surface area contributed by atoms with Gasteiger partial charge in [0.1, 0.15) is 4.88 Å².